The minimum atomic E-state index is 0.334. The van der Waals surface area contributed by atoms with Crippen molar-refractivity contribution in [2.24, 2.45) is 0 Å². The molecule has 0 bridgehead atoms. The minimum absolute atomic E-state index is 0.334. The zero-order valence-corrected chi connectivity index (χ0v) is 8.08. The number of hydrogen-bond donors (Lipinski definition) is 1. The summed E-state index contributed by atoms with van der Waals surface area (Å²) >= 11 is 0. The Bertz CT molecular complexity index is 381. The Morgan fingerprint density at radius 3 is 3.21 bits per heavy atom. The third-order valence-electron chi connectivity index (χ3n) is 2.58. The first-order valence-corrected chi connectivity index (χ1v) is 4.64. The van der Waals surface area contributed by atoms with Crippen LogP contribution in [0.25, 0.3) is 0 Å². The summed E-state index contributed by atoms with van der Waals surface area (Å²) in [5, 5.41) is 11.9. The molecule has 2 rings (SSSR count). The molecule has 1 unspecified atom stereocenters. The highest BCUT2D eigenvalue weighted by Crippen LogP contribution is 2.35. The number of methoxy groups -OCH3 is 1. The van der Waals surface area contributed by atoms with Gasteiger partial charge in [-0.25, -0.2) is 0 Å². The van der Waals surface area contributed by atoms with Gasteiger partial charge in [-0.3, -0.25) is 0 Å². The Morgan fingerprint density at radius 2 is 2.50 bits per heavy atom. The van der Waals surface area contributed by atoms with Gasteiger partial charge in [-0.05, 0) is 11.6 Å². The molecule has 1 N–H and O–H groups in total. The van der Waals surface area contributed by atoms with Crippen LogP contribution in [0.3, 0.4) is 0 Å². The van der Waals surface area contributed by atoms with E-state index in [-0.39, 0.29) is 0 Å². The maximum atomic E-state index is 8.65. The van der Waals surface area contributed by atoms with Gasteiger partial charge in [0.05, 0.1) is 13.2 Å². The van der Waals surface area contributed by atoms with Gasteiger partial charge in [0.15, 0.2) is 0 Å². The summed E-state index contributed by atoms with van der Waals surface area (Å²) in [4.78, 5) is 0. The van der Waals surface area contributed by atoms with Crippen LogP contribution in [-0.2, 0) is 0 Å². The van der Waals surface area contributed by atoms with Crippen molar-refractivity contribution < 1.29 is 4.74 Å². The smallest absolute Gasteiger partial charge is 0.120 e. The first kappa shape index (κ1) is 8.89. The fourth-order valence-corrected chi connectivity index (χ4v) is 1.81. The normalized spacial score (nSPS) is 18.1. The lowest BCUT2D eigenvalue weighted by Gasteiger charge is -2.05. The zero-order valence-electron chi connectivity index (χ0n) is 8.08. The number of fused-ring (bicyclic) bond motifs is 1. The summed E-state index contributed by atoms with van der Waals surface area (Å²) in [6, 6.07) is 8.17. The molecule has 0 amide bonds. The molecular weight excluding hydrogens is 176 g/mol. The first-order chi connectivity index (χ1) is 6.85. The molecule has 0 fully saturated rings. The maximum Gasteiger partial charge on any atom is 0.120 e. The summed E-state index contributed by atoms with van der Waals surface area (Å²) in [5.74, 6) is 1.19. The van der Waals surface area contributed by atoms with Crippen LogP contribution in [0.2, 0.25) is 0 Å². The number of benzene rings is 1. The van der Waals surface area contributed by atoms with E-state index in [1.165, 1.54) is 5.56 Å². The van der Waals surface area contributed by atoms with Crippen molar-refractivity contribution in [3.63, 3.8) is 0 Å². The summed E-state index contributed by atoms with van der Waals surface area (Å²) in [5.41, 5.74) is 2.33. The Balaban J connectivity index is 2.30. The van der Waals surface area contributed by atoms with E-state index >= 15 is 0 Å². The zero-order chi connectivity index (χ0) is 9.97. The molecule has 0 saturated carbocycles. The molecule has 1 atom stereocenters. The number of anilines is 1. The molecule has 0 saturated heterocycles. The second-order valence-corrected chi connectivity index (χ2v) is 3.39. The molecule has 1 aromatic rings. The lowest BCUT2D eigenvalue weighted by molar-refractivity contribution is 0.415. The van der Waals surface area contributed by atoms with Crippen molar-refractivity contribution in [1.82, 2.24) is 0 Å². The fourth-order valence-electron chi connectivity index (χ4n) is 1.81. The van der Waals surface area contributed by atoms with E-state index in [4.69, 9.17) is 10.00 Å². The standard InChI is InChI=1S/C11H12N2O/c1-14-9-2-3-10-8(4-5-12)7-13-11(10)6-9/h2-3,6,8,13H,4,7H2,1H3. The van der Waals surface area contributed by atoms with Crippen molar-refractivity contribution in [1.29, 1.82) is 5.26 Å². The van der Waals surface area contributed by atoms with Crippen molar-refractivity contribution >= 4 is 5.69 Å². The van der Waals surface area contributed by atoms with Crippen molar-refractivity contribution in [2.45, 2.75) is 12.3 Å². The Labute approximate surface area is 83.3 Å². The van der Waals surface area contributed by atoms with Gasteiger partial charge < -0.3 is 10.1 Å². The Morgan fingerprint density at radius 1 is 1.64 bits per heavy atom. The predicted octanol–water partition coefficient (Wildman–Crippen LogP) is 2.12. The van der Waals surface area contributed by atoms with E-state index in [2.05, 4.69) is 11.4 Å². The number of nitrogens with one attached hydrogen (secondary N) is 1. The number of nitrogens with zero attached hydrogens (tertiary/aromatic N) is 1. The molecule has 0 aliphatic carbocycles. The lowest BCUT2D eigenvalue weighted by Crippen LogP contribution is -2.00. The van der Waals surface area contributed by atoms with E-state index in [0.29, 0.717) is 12.3 Å². The quantitative estimate of drug-likeness (QED) is 0.773. The maximum absolute atomic E-state index is 8.65. The number of ether oxygens (including phenoxy) is 1. The highest BCUT2D eigenvalue weighted by Gasteiger charge is 2.21. The van der Waals surface area contributed by atoms with Crippen molar-refractivity contribution in [3.8, 4) is 11.8 Å². The van der Waals surface area contributed by atoms with Crippen LogP contribution in [0.1, 0.15) is 17.9 Å². The summed E-state index contributed by atoms with van der Waals surface area (Å²) in [6.07, 6.45) is 0.576. The van der Waals surface area contributed by atoms with E-state index in [1.54, 1.807) is 7.11 Å². The van der Waals surface area contributed by atoms with Crippen molar-refractivity contribution in [2.75, 3.05) is 19.0 Å². The van der Waals surface area contributed by atoms with Gasteiger partial charge in [0, 0.05) is 30.6 Å². The number of rotatable bonds is 2. The summed E-state index contributed by atoms with van der Waals surface area (Å²) < 4.78 is 5.13. The average Bonchev–Trinajstić information content (AvgIpc) is 2.61. The van der Waals surface area contributed by atoms with E-state index in [1.807, 2.05) is 18.2 Å². The molecule has 0 aromatic heterocycles. The van der Waals surface area contributed by atoms with Gasteiger partial charge in [-0.2, -0.15) is 5.26 Å². The number of hydrogen-bond acceptors (Lipinski definition) is 3. The largest absolute Gasteiger partial charge is 0.497 e. The van der Waals surface area contributed by atoms with Crippen LogP contribution in [-0.4, -0.2) is 13.7 Å². The Hall–Kier alpha value is -1.69. The molecule has 1 aliphatic rings. The topological polar surface area (TPSA) is 45.0 Å². The molecule has 0 spiro atoms. The van der Waals surface area contributed by atoms with Gasteiger partial charge in [-0.1, -0.05) is 6.07 Å². The van der Waals surface area contributed by atoms with Crippen molar-refractivity contribution in [3.05, 3.63) is 23.8 Å². The molecule has 1 aromatic carbocycles. The monoisotopic (exact) mass is 188 g/mol. The number of nitriles is 1. The fraction of sp³-hybridized carbons (Fsp3) is 0.364. The highest BCUT2D eigenvalue weighted by atomic mass is 16.5. The molecule has 1 aliphatic heterocycles. The Kier molecular flexibility index (Phi) is 2.28. The van der Waals surface area contributed by atoms with E-state index in [9.17, 15) is 0 Å². The van der Waals surface area contributed by atoms with Crippen LogP contribution in [0.5, 0.6) is 5.75 Å². The molecule has 14 heavy (non-hydrogen) atoms. The van der Waals surface area contributed by atoms with E-state index in [0.717, 1.165) is 18.0 Å². The minimum Gasteiger partial charge on any atom is -0.497 e. The summed E-state index contributed by atoms with van der Waals surface area (Å²) in [6.45, 7) is 0.857. The molecule has 72 valence electrons. The molecule has 3 nitrogen and oxygen atoms in total. The molecular formula is C11H12N2O. The van der Waals surface area contributed by atoms with Gasteiger partial charge in [0.2, 0.25) is 0 Å². The van der Waals surface area contributed by atoms with Crippen LogP contribution < -0.4 is 10.1 Å². The van der Waals surface area contributed by atoms with Crippen LogP contribution >= 0.6 is 0 Å². The summed E-state index contributed by atoms with van der Waals surface area (Å²) in [7, 11) is 1.66. The second-order valence-electron chi connectivity index (χ2n) is 3.39. The van der Waals surface area contributed by atoms with Gasteiger partial charge in [0.1, 0.15) is 5.75 Å². The lowest BCUT2D eigenvalue weighted by atomic mass is 9.99. The second kappa shape index (κ2) is 3.59. The van der Waals surface area contributed by atoms with E-state index < -0.39 is 0 Å². The van der Waals surface area contributed by atoms with Crippen LogP contribution in [0.4, 0.5) is 5.69 Å². The molecule has 0 radical (unpaired) electrons. The predicted molar refractivity (Wildman–Crippen MR) is 54.5 cm³/mol. The SMILES string of the molecule is COc1ccc2c(c1)NCC2CC#N. The molecule has 1 heterocycles. The van der Waals surface area contributed by atoms with Crippen LogP contribution in [0, 0.1) is 11.3 Å². The highest BCUT2D eigenvalue weighted by molar-refractivity contribution is 5.60. The molecule has 3 heteroatoms. The first-order valence-electron chi connectivity index (χ1n) is 4.64. The average molecular weight is 188 g/mol. The third-order valence-corrected chi connectivity index (χ3v) is 2.58. The van der Waals surface area contributed by atoms with Gasteiger partial charge in [0.25, 0.3) is 0 Å². The van der Waals surface area contributed by atoms with Gasteiger partial charge >= 0.3 is 0 Å². The van der Waals surface area contributed by atoms with Gasteiger partial charge in [-0.15, -0.1) is 0 Å². The third kappa shape index (κ3) is 1.39. The van der Waals surface area contributed by atoms with Crippen LogP contribution in [0.15, 0.2) is 18.2 Å².